The van der Waals surface area contributed by atoms with Crippen LogP contribution < -0.4 is 4.90 Å². The predicted molar refractivity (Wildman–Crippen MR) is 129 cm³/mol. The molecule has 0 radical (unpaired) electrons. The van der Waals surface area contributed by atoms with Crippen molar-refractivity contribution in [2.75, 3.05) is 11.9 Å². The largest absolute Gasteiger partial charge is 0.507 e. The van der Waals surface area contributed by atoms with Gasteiger partial charge >= 0.3 is 12.4 Å². The van der Waals surface area contributed by atoms with Crippen LogP contribution in [0.2, 0.25) is 0 Å². The zero-order chi connectivity index (χ0) is 26.7. The lowest BCUT2D eigenvalue weighted by Crippen LogP contribution is -2.14. The molecular formula is C27H17F6NO2S. The van der Waals surface area contributed by atoms with Crippen molar-refractivity contribution in [2.24, 2.45) is 0 Å². The van der Waals surface area contributed by atoms with Crippen molar-refractivity contribution in [2.45, 2.75) is 22.1 Å². The van der Waals surface area contributed by atoms with Crippen LogP contribution in [-0.4, -0.2) is 17.3 Å². The number of phenols is 2. The van der Waals surface area contributed by atoms with E-state index in [0.717, 1.165) is 45.4 Å². The van der Waals surface area contributed by atoms with Gasteiger partial charge in [-0.2, -0.15) is 26.3 Å². The molecule has 2 N–H and O–H groups in total. The Labute approximate surface area is 211 Å². The third-order valence-electron chi connectivity index (χ3n) is 6.13. The molecule has 1 aliphatic heterocycles. The van der Waals surface area contributed by atoms with E-state index in [9.17, 15) is 36.6 Å². The van der Waals surface area contributed by atoms with E-state index in [1.165, 1.54) is 23.9 Å². The highest BCUT2D eigenvalue weighted by molar-refractivity contribution is 7.99. The van der Waals surface area contributed by atoms with Crippen LogP contribution in [0.3, 0.4) is 0 Å². The molecule has 0 atom stereocenters. The first-order valence-corrected chi connectivity index (χ1v) is 11.7. The second kappa shape index (κ2) is 8.65. The van der Waals surface area contributed by atoms with Gasteiger partial charge in [0.1, 0.15) is 11.5 Å². The number of phenolic OH excluding ortho intramolecular Hbond substituents is 2. The van der Waals surface area contributed by atoms with Gasteiger partial charge in [0.25, 0.3) is 0 Å². The lowest BCUT2D eigenvalue weighted by atomic mass is 10.0. The van der Waals surface area contributed by atoms with Crippen LogP contribution in [0.25, 0.3) is 22.3 Å². The van der Waals surface area contributed by atoms with Crippen LogP contribution in [0, 0.1) is 0 Å². The number of halogens is 6. The SMILES string of the molecule is CN1c2ccc(-c3ccc(O)c(C(F)(F)F)c3)cc2Sc2cc(-c3ccc(O)c(C(F)(F)F)c3)ccc21. The van der Waals surface area contributed by atoms with Crippen molar-refractivity contribution in [3.05, 3.63) is 83.9 Å². The average molecular weight is 533 g/mol. The minimum Gasteiger partial charge on any atom is -0.507 e. The Bertz CT molecular complexity index is 1420. The van der Waals surface area contributed by atoms with Crippen molar-refractivity contribution in [1.29, 1.82) is 0 Å². The second-order valence-corrected chi connectivity index (χ2v) is 9.57. The number of hydrogen-bond donors (Lipinski definition) is 2. The van der Waals surface area contributed by atoms with Crippen LogP contribution in [0.15, 0.2) is 82.6 Å². The topological polar surface area (TPSA) is 43.7 Å². The molecule has 4 aromatic carbocycles. The van der Waals surface area contributed by atoms with Gasteiger partial charge in [0.2, 0.25) is 0 Å². The molecule has 0 spiro atoms. The molecule has 10 heteroatoms. The van der Waals surface area contributed by atoms with Gasteiger partial charge < -0.3 is 15.1 Å². The summed E-state index contributed by atoms with van der Waals surface area (Å²) in [4.78, 5) is 3.38. The molecule has 1 aliphatic rings. The molecule has 37 heavy (non-hydrogen) atoms. The fraction of sp³-hybridized carbons (Fsp3) is 0.111. The van der Waals surface area contributed by atoms with Gasteiger partial charge in [-0.05, 0) is 70.8 Å². The van der Waals surface area contributed by atoms with Crippen molar-refractivity contribution in [3.8, 4) is 33.8 Å². The lowest BCUT2D eigenvalue weighted by Gasteiger charge is -2.30. The van der Waals surface area contributed by atoms with Crippen LogP contribution >= 0.6 is 11.8 Å². The average Bonchev–Trinajstić information content (AvgIpc) is 2.82. The summed E-state index contributed by atoms with van der Waals surface area (Å²) in [6, 6.07) is 17.0. The van der Waals surface area contributed by atoms with E-state index in [0.29, 0.717) is 11.1 Å². The molecule has 0 unspecified atom stereocenters. The van der Waals surface area contributed by atoms with E-state index in [2.05, 4.69) is 0 Å². The summed E-state index contributed by atoms with van der Waals surface area (Å²) in [6.45, 7) is 0. The number of aromatic hydroxyl groups is 2. The first kappa shape index (κ1) is 24.9. The van der Waals surface area contributed by atoms with E-state index in [4.69, 9.17) is 0 Å². The molecule has 4 aromatic rings. The van der Waals surface area contributed by atoms with Crippen LogP contribution in [0.4, 0.5) is 37.7 Å². The van der Waals surface area contributed by atoms with Gasteiger partial charge in [0, 0.05) is 16.8 Å². The molecule has 0 fully saturated rings. The van der Waals surface area contributed by atoms with Gasteiger partial charge in [-0.15, -0.1) is 0 Å². The number of rotatable bonds is 2. The fourth-order valence-electron chi connectivity index (χ4n) is 4.24. The van der Waals surface area contributed by atoms with E-state index < -0.39 is 35.0 Å². The summed E-state index contributed by atoms with van der Waals surface area (Å²) in [6.07, 6.45) is -9.42. The summed E-state index contributed by atoms with van der Waals surface area (Å²) in [5.74, 6) is -1.71. The minimum atomic E-state index is -4.71. The normalized spacial score (nSPS) is 13.3. The van der Waals surface area contributed by atoms with Crippen molar-refractivity contribution < 1.29 is 36.6 Å². The Morgan fingerprint density at radius 3 is 1.30 bits per heavy atom. The van der Waals surface area contributed by atoms with Crippen LogP contribution in [0.5, 0.6) is 11.5 Å². The van der Waals surface area contributed by atoms with Crippen molar-refractivity contribution in [3.63, 3.8) is 0 Å². The maximum absolute atomic E-state index is 13.3. The van der Waals surface area contributed by atoms with Gasteiger partial charge in [-0.3, -0.25) is 0 Å². The molecule has 5 rings (SSSR count). The van der Waals surface area contributed by atoms with E-state index in [1.807, 2.05) is 11.9 Å². The maximum Gasteiger partial charge on any atom is 0.419 e. The Hall–Kier alpha value is -3.79. The molecule has 0 bridgehead atoms. The zero-order valence-corrected chi connectivity index (χ0v) is 19.8. The summed E-state index contributed by atoms with van der Waals surface area (Å²) >= 11 is 1.34. The second-order valence-electron chi connectivity index (χ2n) is 8.49. The number of fused-ring (bicyclic) bond motifs is 2. The number of nitrogens with zero attached hydrogens (tertiary/aromatic N) is 1. The van der Waals surface area contributed by atoms with Gasteiger partial charge in [-0.25, -0.2) is 0 Å². The summed E-state index contributed by atoms with van der Waals surface area (Å²) < 4.78 is 79.7. The Kier molecular flexibility index (Phi) is 5.82. The summed E-state index contributed by atoms with van der Waals surface area (Å²) in [5.41, 5.74) is 0.944. The van der Waals surface area contributed by atoms with E-state index in [-0.39, 0.29) is 11.1 Å². The first-order valence-electron chi connectivity index (χ1n) is 10.8. The molecule has 0 aliphatic carbocycles. The molecule has 0 saturated heterocycles. The lowest BCUT2D eigenvalue weighted by molar-refractivity contribution is -0.139. The van der Waals surface area contributed by atoms with Crippen LogP contribution in [0.1, 0.15) is 11.1 Å². The summed E-state index contributed by atoms with van der Waals surface area (Å²) in [7, 11) is 1.82. The first-order chi connectivity index (χ1) is 17.3. The number of anilines is 2. The Morgan fingerprint density at radius 2 is 0.919 bits per heavy atom. The quantitative estimate of drug-likeness (QED) is 0.253. The van der Waals surface area contributed by atoms with Gasteiger partial charge in [0.05, 0.1) is 22.5 Å². The molecule has 1 heterocycles. The number of alkyl halides is 6. The highest BCUT2D eigenvalue weighted by Gasteiger charge is 2.35. The highest BCUT2D eigenvalue weighted by atomic mass is 32.2. The molecule has 0 saturated carbocycles. The van der Waals surface area contributed by atoms with Gasteiger partial charge in [-0.1, -0.05) is 36.0 Å². The Balaban J connectivity index is 1.53. The third-order valence-corrected chi connectivity index (χ3v) is 7.23. The minimum absolute atomic E-state index is 0.277. The predicted octanol–water partition coefficient (Wildman–Crippen LogP) is 8.70. The molecule has 190 valence electrons. The zero-order valence-electron chi connectivity index (χ0n) is 18.9. The third kappa shape index (κ3) is 4.57. The fourth-order valence-corrected chi connectivity index (χ4v) is 5.47. The number of benzene rings is 4. The van der Waals surface area contributed by atoms with Crippen LogP contribution in [-0.2, 0) is 12.4 Å². The van der Waals surface area contributed by atoms with Crippen molar-refractivity contribution in [1.82, 2.24) is 0 Å². The monoisotopic (exact) mass is 533 g/mol. The van der Waals surface area contributed by atoms with E-state index in [1.54, 1.807) is 36.4 Å². The molecule has 0 amide bonds. The molecular weight excluding hydrogens is 516 g/mol. The standard InChI is InChI=1S/C27H17F6NO2S/c1-34-20-6-2-16(14-4-8-22(35)18(10-14)26(28,29)30)12-24(20)37-25-13-17(3-7-21(25)34)15-5-9-23(36)19(11-15)27(31,32)33/h2-13,35-36H,1H3. The van der Waals surface area contributed by atoms with Gasteiger partial charge in [0.15, 0.2) is 0 Å². The Morgan fingerprint density at radius 1 is 0.568 bits per heavy atom. The van der Waals surface area contributed by atoms with E-state index >= 15 is 0 Å². The number of hydrogen-bond acceptors (Lipinski definition) is 4. The maximum atomic E-state index is 13.3. The molecule has 0 aromatic heterocycles. The smallest absolute Gasteiger partial charge is 0.419 e. The molecule has 3 nitrogen and oxygen atoms in total. The summed E-state index contributed by atoms with van der Waals surface area (Å²) in [5, 5.41) is 19.3. The van der Waals surface area contributed by atoms with Crippen molar-refractivity contribution >= 4 is 23.1 Å². The highest BCUT2D eigenvalue weighted by Crippen LogP contribution is 2.50.